The maximum absolute atomic E-state index is 12.7. The van der Waals surface area contributed by atoms with Gasteiger partial charge in [-0.05, 0) is 24.8 Å². The first-order chi connectivity index (χ1) is 12.5. The summed E-state index contributed by atoms with van der Waals surface area (Å²) in [6.07, 6.45) is 3.66. The Hall–Kier alpha value is -2.57. The molecule has 0 radical (unpaired) electrons. The summed E-state index contributed by atoms with van der Waals surface area (Å²) in [5, 5.41) is 17.4. The van der Waals surface area contributed by atoms with Crippen LogP contribution in [0, 0.1) is 0 Å². The molecular formula is C19H27N3O4. The molecule has 0 bridgehead atoms. The van der Waals surface area contributed by atoms with Gasteiger partial charge in [-0.15, -0.1) is 0 Å². The fraction of sp³-hybridized carbons (Fsp3) is 0.526. The number of urea groups is 1. The summed E-state index contributed by atoms with van der Waals surface area (Å²) in [4.78, 5) is 36.4. The average Bonchev–Trinajstić information content (AvgIpc) is 3.10. The van der Waals surface area contributed by atoms with Crippen molar-refractivity contribution in [1.29, 1.82) is 0 Å². The van der Waals surface area contributed by atoms with Crippen LogP contribution in [0.5, 0.6) is 0 Å². The van der Waals surface area contributed by atoms with Crippen molar-refractivity contribution in [3.8, 4) is 0 Å². The molecule has 0 heterocycles. The summed E-state index contributed by atoms with van der Waals surface area (Å²) >= 11 is 0. The molecule has 1 aliphatic rings. The van der Waals surface area contributed by atoms with E-state index in [4.69, 9.17) is 0 Å². The van der Waals surface area contributed by atoms with Crippen molar-refractivity contribution in [3.63, 3.8) is 0 Å². The molecule has 1 aromatic rings. The fourth-order valence-corrected chi connectivity index (χ4v) is 3.27. The van der Waals surface area contributed by atoms with Gasteiger partial charge in [0.05, 0.1) is 0 Å². The van der Waals surface area contributed by atoms with E-state index in [1.807, 2.05) is 37.3 Å². The average molecular weight is 361 g/mol. The Morgan fingerprint density at radius 2 is 1.81 bits per heavy atom. The predicted octanol–water partition coefficient (Wildman–Crippen LogP) is 2.17. The van der Waals surface area contributed by atoms with Gasteiger partial charge in [0.1, 0.15) is 11.6 Å². The maximum atomic E-state index is 12.7. The van der Waals surface area contributed by atoms with Gasteiger partial charge in [-0.1, -0.05) is 56.5 Å². The van der Waals surface area contributed by atoms with E-state index in [0.29, 0.717) is 32.2 Å². The summed E-state index contributed by atoms with van der Waals surface area (Å²) in [7, 11) is 0. The lowest BCUT2D eigenvalue weighted by Gasteiger charge is -2.30. The number of carbonyl (C=O) groups is 3. The number of carboxylic acids is 1. The van der Waals surface area contributed by atoms with E-state index in [2.05, 4.69) is 16.0 Å². The molecule has 1 aliphatic carbocycles. The molecule has 26 heavy (non-hydrogen) atoms. The third-order valence-corrected chi connectivity index (χ3v) is 4.72. The van der Waals surface area contributed by atoms with Gasteiger partial charge in [0.25, 0.3) is 0 Å². The van der Waals surface area contributed by atoms with Crippen LogP contribution in [0.3, 0.4) is 0 Å². The Morgan fingerprint density at radius 1 is 1.15 bits per heavy atom. The SMILES string of the molecule is CCCC(NC(=O)C1(NC(=O)NCc2ccccc2)CCCC1)C(=O)O. The molecule has 3 amide bonds. The van der Waals surface area contributed by atoms with E-state index in [-0.39, 0.29) is 0 Å². The predicted molar refractivity (Wildman–Crippen MR) is 97.5 cm³/mol. The van der Waals surface area contributed by atoms with E-state index in [1.54, 1.807) is 0 Å². The van der Waals surface area contributed by atoms with Crippen molar-refractivity contribution in [2.45, 2.75) is 63.6 Å². The molecule has 7 nitrogen and oxygen atoms in total. The molecule has 7 heteroatoms. The Morgan fingerprint density at radius 3 is 2.38 bits per heavy atom. The van der Waals surface area contributed by atoms with Crippen LogP contribution in [0.25, 0.3) is 0 Å². The molecule has 142 valence electrons. The van der Waals surface area contributed by atoms with Gasteiger partial charge in [-0.3, -0.25) is 4.79 Å². The highest BCUT2D eigenvalue weighted by atomic mass is 16.4. The molecule has 0 aliphatic heterocycles. The minimum Gasteiger partial charge on any atom is -0.480 e. The molecule has 0 spiro atoms. The third kappa shape index (κ3) is 5.21. The fourth-order valence-electron chi connectivity index (χ4n) is 3.27. The topological polar surface area (TPSA) is 108 Å². The minimum absolute atomic E-state index is 0.358. The first-order valence-electron chi connectivity index (χ1n) is 9.10. The third-order valence-electron chi connectivity index (χ3n) is 4.72. The van der Waals surface area contributed by atoms with Crippen molar-refractivity contribution in [3.05, 3.63) is 35.9 Å². The van der Waals surface area contributed by atoms with Crippen LogP contribution in [0.1, 0.15) is 51.0 Å². The number of nitrogens with one attached hydrogen (secondary N) is 3. The van der Waals surface area contributed by atoms with Crippen LogP contribution in [-0.2, 0) is 16.1 Å². The Labute approximate surface area is 153 Å². The highest BCUT2D eigenvalue weighted by Gasteiger charge is 2.43. The highest BCUT2D eigenvalue weighted by molar-refractivity contribution is 5.93. The summed E-state index contributed by atoms with van der Waals surface area (Å²) < 4.78 is 0. The second-order valence-corrected chi connectivity index (χ2v) is 6.74. The van der Waals surface area contributed by atoms with Crippen LogP contribution in [-0.4, -0.2) is 34.6 Å². The number of amides is 3. The Kier molecular flexibility index (Phi) is 7.00. The molecule has 1 fully saturated rings. The number of carboxylic acid groups (broad SMARTS) is 1. The minimum atomic E-state index is -1.05. The lowest BCUT2D eigenvalue weighted by atomic mass is 9.95. The van der Waals surface area contributed by atoms with E-state index in [1.165, 1.54) is 0 Å². The lowest BCUT2D eigenvalue weighted by molar-refractivity contribution is -0.143. The number of aliphatic carboxylic acids is 1. The van der Waals surface area contributed by atoms with Crippen LogP contribution in [0.2, 0.25) is 0 Å². The zero-order valence-electron chi connectivity index (χ0n) is 15.1. The van der Waals surface area contributed by atoms with Gasteiger partial charge in [0, 0.05) is 6.54 Å². The molecule has 1 unspecified atom stereocenters. The van der Waals surface area contributed by atoms with E-state index >= 15 is 0 Å². The van der Waals surface area contributed by atoms with Gasteiger partial charge in [-0.25, -0.2) is 9.59 Å². The normalized spacial score (nSPS) is 16.5. The van der Waals surface area contributed by atoms with Crippen molar-refractivity contribution in [2.24, 2.45) is 0 Å². The Bertz CT molecular complexity index is 627. The molecular weight excluding hydrogens is 334 g/mol. The van der Waals surface area contributed by atoms with Gasteiger partial charge < -0.3 is 21.1 Å². The first-order valence-corrected chi connectivity index (χ1v) is 9.10. The van der Waals surface area contributed by atoms with Gasteiger partial charge in [0.2, 0.25) is 5.91 Å². The van der Waals surface area contributed by atoms with Crippen LogP contribution in [0.15, 0.2) is 30.3 Å². The molecule has 0 saturated heterocycles. The largest absolute Gasteiger partial charge is 0.480 e. The maximum Gasteiger partial charge on any atom is 0.326 e. The van der Waals surface area contributed by atoms with Crippen molar-refractivity contribution in [2.75, 3.05) is 0 Å². The summed E-state index contributed by atoms with van der Waals surface area (Å²) in [6, 6.07) is 8.13. The smallest absolute Gasteiger partial charge is 0.326 e. The summed E-state index contributed by atoms with van der Waals surface area (Å²) in [5.74, 6) is -1.47. The second kappa shape index (κ2) is 9.22. The first kappa shape index (κ1) is 19.8. The van der Waals surface area contributed by atoms with Crippen LogP contribution < -0.4 is 16.0 Å². The van der Waals surface area contributed by atoms with Crippen molar-refractivity contribution in [1.82, 2.24) is 16.0 Å². The van der Waals surface area contributed by atoms with Crippen molar-refractivity contribution < 1.29 is 19.5 Å². The second-order valence-electron chi connectivity index (χ2n) is 6.74. The van der Waals surface area contributed by atoms with Crippen LogP contribution in [0.4, 0.5) is 4.79 Å². The van der Waals surface area contributed by atoms with Crippen molar-refractivity contribution >= 4 is 17.9 Å². The standard InChI is InChI=1S/C19H27N3O4/c1-2-8-15(16(23)24)21-17(25)19(11-6-7-12-19)22-18(26)20-13-14-9-4-3-5-10-14/h3-5,9-10,15H,2,6-8,11-13H2,1H3,(H,21,25)(H,23,24)(H2,20,22,26). The molecule has 4 N–H and O–H groups in total. The molecule has 1 saturated carbocycles. The molecule has 2 rings (SSSR count). The quantitative estimate of drug-likeness (QED) is 0.569. The summed E-state index contributed by atoms with van der Waals surface area (Å²) in [5.41, 5.74) is -0.0798. The molecule has 1 aromatic carbocycles. The molecule has 1 atom stereocenters. The van der Waals surface area contributed by atoms with E-state index < -0.39 is 29.5 Å². The van der Waals surface area contributed by atoms with E-state index in [9.17, 15) is 19.5 Å². The Balaban J connectivity index is 1.98. The lowest BCUT2D eigenvalue weighted by Crippen LogP contribution is -2.61. The van der Waals surface area contributed by atoms with Gasteiger partial charge in [-0.2, -0.15) is 0 Å². The number of carbonyl (C=O) groups excluding carboxylic acids is 2. The monoisotopic (exact) mass is 361 g/mol. The number of benzene rings is 1. The number of rotatable bonds is 8. The molecule has 0 aromatic heterocycles. The highest BCUT2D eigenvalue weighted by Crippen LogP contribution is 2.30. The number of hydrogen-bond donors (Lipinski definition) is 4. The van der Waals surface area contributed by atoms with Crippen LogP contribution >= 0.6 is 0 Å². The summed E-state index contributed by atoms with van der Waals surface area (Å²) in [6.45, 7) is 2.22. The number of hydrogen-bond acceptors (Lipinski definition) is 3. The van der Waals surface area contributed by atoms with Gasteiger partial charge in [0.15, 0.2) is 0 Å². The van der Waals surface area contributed by atoms with Gasteiger partial charge >= 0.3 is 12.0 Å². The van der Waals surface area contributed by atoms with E-state index in [0.717, 1.165) is 18.4 Å². The zero-order chi connectivity index (χ0) is 19.0. The zero-order valence-corrected chi connectivity index (χ0v) is 15.1.